The van der Waals surface area contributed by atoms with Crippen molar-refractivity contribution in [1.82, 2.24) is 5.32 Å². The van der Waals surface area contributed by atoms with Gasteiger partial charge in [-0.25, -0.2) is 4.39 Å². The monoisotopic (exact) mass is 355 g/mol. The highest BCUT2D eigenvalue weighted by Gasteiger charge is 2.19. The first-order chi connectivity index (χ1) is 11.7. The summed E-state index contributed by atoms with van der Waals surface area (Å²) in [6.07, 6.45) is 15.3. The second kappa shape index (κ2) is 13.8. The lowest BCUT2D eigenvalue weighted by atomic mass is 9.92. The maximum Gasteiger partial charge on any atom is 0.137 e. The van der Waals surface area contributed by atoms with Crippen LogP contribution in [0.1, 0.15) is 107 Å². The zero-order valence-corrected chi connectivity index (χ0v) is 16.9. The van der Waals surface area contributed by atoms with Crippen molar-refractivity contribution in [1.29, 1.82) is 0 Å². The second-order valence-corrected chi connectivity index (χ2v) is 8.23. The van der Waals surface area contributed by atoms with Crippen LogP contribution in [-0.4, -0.2) is 7.05 Å². The van der Waals surface area contributed by atoms with Gasteiger partial charge in [0.15, 0.2) is 0 Å². The van der Waals surface area contributed by atoms with E-state index in [1.165, 1.54) is 64.2 Å². The molecule has 0 unspecified atom stereocenters. The molecular weight excluding hydrogens is 317 g/mol. The summed E-state index contributed by atoms with van der Waals surface area (Å²) in [5.41, 5.74) is 0. The fraction of sp³-hybridized carbons (Fsp3) is 0.810. The minimum Gasteiger partial charge on any atom is -0.315 e. The minimum atomic E-state index is 0.0392. The van der Waals surface area contributed by atoms with E-state index in [1.807, 2.05) is 7.05 Å². The molecule has 0 bridgehead atoms. The Morgan fingerprint density at radius 2 is 1.46 bits per heavy atom. The molecule has 0 aliphatic heterocycles. The molecule has 0 fully saturated rings. The molecule has 0 aliphatic rings. The fourth-order valence-electron chi connectivity index (χ4n) is 3.37. The highest BCUT2D eigenvalue weighted by atomic mass is 32.1. The summed E-state index contributed by atoms with van der Waals surface area (Å²) in [7, 11) is 1.93. The van der Waals surface area contributed by atoms with Gasteiger partial charge in [-0.2, -0.15) is 0 Å². The summed E-state index contributed by atoms with van der Waals surface area (Å²) < 4.78 is 14.4. The van der Waals surface area contributed by atoms with E-state index in [-0.39, 0.29) is 5.82 Å². The zero-order chi connectivity index (χ0) is 17.6. The van der Waals surface area contributed by atoms with Crippen molar-refractivity contribution < 1.29 is 4.39 Å². The number of unbranched alkanes of at least 4 members (excludes halogenated alkanes) is 8. The Morgan fingerprint density at radius 3 is 1.96 bits per heavy atom. The molecule has 0 radical (unpaired) electrons. The smallest absolute Gasteiger partial charge is 0.137 e. The van der Waals surface area contributed by atoms with Crippen LogP contribution in [0.2, 0.25) is 0 Å². The first-order valence-electron chi connectivity index (χ1n) is 10.2. The van der Waals surface area contributed by atoms with E-state index in [1.54, 1.807) is 17.4 Å². The molecule has 1 aromatic heterocycles. The summed E-state index contributed by atoms with van der Waals surface area (Å²) in [6.45, 7) is 5.29. The van der Waals surface area contributed by atoms with Crippen molar-refractivity contribution in [3.05, 3.63) is 21.6 Å². The molecule has 24 heavy (non-hydrogen) atoms. The van der Waals surface area contributed by atoms with Crippen molar-refractivity contribution in [2.75, 3.05) is 7.05 Å². The van der Waals surface area contributed by atoms with E-state index in [0.717, 1.165) is 29.1 Å². The Bertz CT molecular complexity index is 402. The number of hydrogen-bond acceptors (Lipinski definition) is 2. The Hall–Kier alpha value is -0.410. The quantitative estimate of drug-likeness (QED) is 0.323. The molecule has 3 heteroatoms. The van der Waals surface area contributed by atoms with Gasteiger partial charge in [-0.15, -0.1) is 11.3 Å². The van der Waals surface area contributed by atoms with Crippen molar-refractivity contribution in [2.45, 2.75) is 103 Å². The summed E-state index contributed by atoms with van der Waals surface area (Å²) in [6, 6.07) is 1.75. The number of halogens is 1. The van der Waals surface area contributed by atoms with Gasteiger partial charge >= 0.3 is 0 Å². The molecule has 1 nitrogen and oxygen atoms in total. The summed E-state index contributed by atoms with van der Waals surface area (Å²) in [5, 5.41) is 3.14. The van der Waals surface area contributed by atoms with Crippen molar-refractivity contribution in [3.8, 4) is 0 Å². The number of hydrogen-bond donors (Lipinski definition) is 1. The van der Waals surface area contributed by atoms with Crippen LogP contribution in [-0.2, 0) is 6.54 Å². The maximum absolute atomic E-state index is 14.4. The SMILES string of the molecule is CCCCCCCC(CCCCCCC)c1sc(CNC)cc1F. The van der Waals surface area contributed by atoms with Crippen LogP contribution in [0.25, 0.3) is 0 Å². The van der Waals surface area contributed by atoms with Crippen LogP contribution in [0, 0.1) is 5.82 Å². The fourth-order valence-corrected chi connectivity index (χ4v) is 4.59. The van der Waals surface area contributed by atoms with Crippen LogP contribution in [0.3, 0.4) is 0 Å². The van der Waals surface area contributed by atoms with Crippen molar-refractivity contribution >= 4 is 11.3 Å². The normalized spacial score (nSPS) is 11.5. The molecule has 0 saturated heterocycles. The first kappa shape index (κ1) is 21.6. The lowest BCUT2D eigenvalue weighted by molar-refractivity contribution is 0.479. The molecule has 0 amide bonds. The predicted octanol–water partition coefficient (Wildman–Crippen LogP) is 7.41. The highest BCUT2D eigenvalue weighted by molar-refractivity contribution is 7.12. The van der Waals surface area contributed by atoms with E-state index in [2.05, 4.69) is 19.2 Å². The van der Waals surface area contributed by atoms with Gasteiger partial charge in [0.05, 0.1) is 0 Å². The maximum atomic E-state index is 14.4. The van der Waals surface area contributed by atoms with E-state index in [0.29, 0.717) is 5.92 Å². The minimum absolute atomic E-state index is 0.0392. The standard InChI is InChI=1S/C21H38FNS/c1-4-6-8-10-12-14-18(15-13-11-9-7-5-2)21-20(22)16-19(24-21)17-23-3/h16,18,23H,4-15,17H2,1-3H3. The Labute approximate surface area is 153 Å². The first-order valence-corrected chi connectivity index (χ1v) is 11.0. The molecule has 1 N–H and O–H groups in total. The molecule has 1 aromatic rings. The van der Waals surface area contributed by atoms with Crippen LogP contribution >= 0.6 is 11.3 Å². The zero-order valence-electron chi connectivity index (χ0n) is 16.1. The molecule has 0 aliphatic carbocycles. The van der Waals surface area contributed by atoms with Crippen molar-refractivity contribution in [2.24, 2.45) is 0 Å². The van der Waals surface area contributed by atoms with Gasteiger partial charge in [-0.05, 0) is 31.9 Å². The molecule has 0 atom stereocenters. The van der Waals surface area contributed by atoms with Gasteiger partial charge in [0.2, 0.25) is 0 Å². The molecule has 0 aromatic carbocycles. The molecule has 0 saturated carbocycles. The van der Waals surface area contributed by atoms with Crippen LogP contribution in [0.15, 0.2) is 6.07 Å². The van der Waals surface area contributed by atoms with E-state index >= 15 is 0 Å². The van der Waals surface area contributed by atoms with Gasteiger partial charge in [-0.3, -0.25) is 0 Å². The van der Waals surface area contributed by atoms with Crippen molar-refractivity contribution in [3.63, 3.8) is 0 Å². The molecular formula is C21H38FNS. The molecule has 0 spiro atoms. The molecule has 1 heterocycles. The predicted molar refractivity (Wildman–Crippen MR) is 107 cm³/mol. The number of nitrogens with one attached hydrogen (secondary N) is 1. The van der Waals surface area contributed by atoms with Gasteiger partial charge in [0, 0.05) is 16.3 Å². The third-order valence-electron chi connectivity index (χ3n) is 4.80. The average Bonchev–Trinajstić information content (AvgIpc) is 2.93. The van der Waals surface area contributed by atoms with E-state index < -0.39 is 0 Å². The van der Waals surface area contributed by atoms with E-state index in [4.69, 9.17) is 0 Å². The average molecular weight is 356 g/mol. The second-order valence-electron chi connectivity index (χ2n) is 7.06. The Kier molecular flexibility index (Phi) is 12.5. The Balaban J connectivity index is 2.55. The highest BCUT2D eigenvalue weighted by Crippen LogP contribution is 2.35. The lowest BCUT2D eigenvalue weighted by Crippen LogP contribution is -2.02. The Morgan fingerprint density at radius 1 is 0.917 bits per heavy atom. The third-order valence-corrected chi connectivity index (χ3v) is 6.07. The van der Waals surface area contributed by atoms with Gasteiger partial charge < -0.3 is 5.32 Å². The number of thiophene rings is 1. The lowest BCUT2D eigenvalue weighted by Gasteiger charge is -2.16. The summed E-state index contributed by atoms with van der Waals surface area (Å²) in [4.78, 5) is 2.15. The number of rotatable bonds is 15. The van der Waals surface area contributed by atoms with Crippen LogP contribution < -0.4 is 5.32 Å². The largest absolute Gasteiger partial charge is 0.315 e. The van der Waals surface area contributed by atoms with Crippen LogP contribution in [0.5, 0.6) is 0 Å². The van der Waals surface area contributed by atoms with Gasteiger partial charge in [-0.1, -0.05) is 78.1 Å². The molecule has 1 rings (SSSR count). The summed E-state index contributed by atoms with van der Waals surface area (Å²) >= 11 is 1.69. The van der Waals surface area contributed by atoms with Gasteiger partial charge in [0.25, 0.3) is 0 Å². The van der Waals surface area contributed by atoms with Gasteiger partial charge in [0.1, 0.15) is 5.82 Å². The molecule has 140 valence electrons. The van der Waals surface area contributed by atoms with E-state index in [9.17, 15) is 4.39 Å². The summed E-state index contributed by atoms with van der Waals surface area (Å²) in [5.74, 6) is 0.473. The van der Waals surface area contributed by atoms with Crippen LogP contribution in [0.4, 0.5) is 4.39 Å². The third kappa shape index (κ3) is 8.62. The topological polar surface area (TPSA) is 12.0 Å².